The summed E-state index contributed by atoms with van der Waals surface area (Å²) in [5, 5.41) is 10.7. The fraction of sp³-hybridized carbons (Fsp3) is 0.238. The predicted octanol–water partition coefficient (Wildman–Crippen LogP) is 4.31. The quantitative estimate of drug-likeness (QED) is 0.496. The molecule has 0 unspecified atom stereocenters. The SMILES string of the molecule is C[C@H](Cc1nncn1C)c1cccc(NC(=O)c2nc3c(C(F)(F)F)cccc3[nH]2)c1. The van der Waals surface area contributed by atoms with Gasteiger partial charge in [-0.1, -0.05) is 25.1 Å². The number of benzene rings is 2. The monoisotopic (exact) mass is 428 g/mol. The van der Waals surface area contributed by atoms with Crippen molar-refractivity contribution < 1.29 is 18.0 Å². The Labute approximate surface area is 175 Å². The van der Waals surface area contributed by atoms with Crippen LogP contribution in [0.1, 0.15) is 40.4 Å². The molecule has 0 bridgehead atoms. The van der Waals surface area contributed by atoms with E-state index in [0.29, 0.717) is 12.1 Å². The van der Waals surface area contributed by atoms with Crippen molar-refractivity contribution in [1.29, 1.82) is 0 Å². The van der Waals surface area contributed by atoms with Crippen molar-refractivity contribution in [2.24, 2.45) is 7.05 Å². The van der Waals surface area contributed by atoms with Gasteiger partial charge < -0.3 is 14.9 Å². The summed E-state index contributed by atoms with van der Waals surface area (Å²) in [5.74, 6) is 0.136. The lowest BCUT2D eigenvalue weighted by atomic mass is 9.97. The minimum Gasteiger partial charge on any atom is -0.334 e. The molecule has 0 aliphatic heterocycles. The van der Waals surface area contributed by atoms with E-state index in [4.69, 9.17) is 0 Å². The van der Waals surface area contributed by atoms with Gasteiger partial charge in [-0.25, -0.2) is 4.98 Å². The number of halogens is 3. The number of carbonyl (C=O) groups excluding carboxylic acids is 1. The topological polar surface area (TPSA) is 88.5 Å². The Morgan fingerprint density at radius 1 is 1.23 bits per heavy atom. The number of amides is 1. The highest BCUT2D eigenvalue weighted by Crippen LogP contribution is 2.33. The highest BCUT2D eigenvalue weighted by Gasteiger charge is 2.34. The first kappa shape index (κ1) is 20.6. The molecule has 2 heterocycles. The van der Waals surface area contributed by atoms with E-state index in [2.05, 4.69) is 25.5 Å². The molecule has 0 saturated heterocycles. The third-order valence-electron chi connectivity index (χ3n) is 5.04. The molecule has 1 amide bonds. The van der Waals surface area contributed by atoms with Crippen molar-refractivity contribution in [3.05, 3.63) is 71.6 Å². The van der Waals surface area contributed by atoms with Crippen LogP contribution in [0.15, 0.2) is 48.8 Å². The Hall–Kier alpha value is -3.69. The zero-order valence-corrected chi connectivity index (χ0v) is 16.7. The molecule has 2 aromatic heterocycles. The first-order valence-corrected chi connectivity index (χ1v) is 9.52. The molecule has 7 nitrogen and oxygen atoms in total. The average molecular weight is 428 g/mol. The van der Waals surface area contributed by atoms with Crippen LogP contribution in [-0.4, -0.2) is 30.6 Å². The van der Waals surface area contributed by atoms with Gasteiger partial charge in [0.1, 0.15) is 17.7 Å². The molecule has 4 aromatic rings. The van der Waals surface area contributed by atoms with E-state index in [1.807, 2.05) is 30.7 Å². The number of aryl methyl sites for hydroxylation is 1. The summed E-state index contributed by atoms with van der Waals surface area (Å²) in [4.78, 5) is 19.2. The second kappa shape index (κ2) is 7.86. The van der Waals surface area contributed by atoms with Crippen LogP contribution in [0.4, 0.5) is 18.9 Å². The summed E-state index contributed by atoms with van der Waals surface area (Å²) in [5.41, 5.74) is 0.464. The van der Waals surface area contributed by atoms with Crippen molar-refractivity contribution in [3.63, 3.8) is 0 Å². The zero-order valence-electron chi connectivity index (χ0n) is 16.7. The van der Waals surface area contributed by atoms with E-state index in [1.165, 1.54) is 12.1 Å². The van der Waals surface area contributed by atoms with Gasteiger partial charge in [0, 0.05) is 19.2 Å². The lowest BCUT2D eigenvalue weighted by molar-refractivity contribution is -0.136. The number of aromatic nitrogens is 5. The first-order valence-electron chi connectivity index (χ1n) is 9.52. The predicted molar refractivity (Wildman–Crippen MR) is 109 cm³/mol. The van der Waals surface area contributed by atoms with Gasteiger partial charge in [-0.3, -0.25) is 4.79 Å². The van der Waals surface area contributed by atoms with E-state index >= 15 is 0 Å². The van der Waals surface area contributed by atoms with E-state index in [9.17, 15) is 18.0 Å². The van der Waals surface area contributed by atoms with Crippen LogP contribution in [0.3, 0.4) is 0 Å². The highest BCUT2D eigenvalue weighted by molar-refractivity contribution is 6.03. The molecular formula is C21H19F3N6O. The van der Waals surface area contributed by atoms with E-state index in [1.54, 1.807) is 18.5 Å². The average Bonchev–Trinajstić information content (AvgIpc) is 3.33. The minimum atomic E-state index is -4.56. The van der Waals surface area contributed by atoms with Crippen molar-refractivity contribution >= 4 is 22.6 Å². The Bertz CT molecular complexity index is 1240. The summed E-state index contributed by atoms with van der Waals surface area (Å²) in [6.45, 7) is 2.04. The maximum atomic E-state index is 13.2. The van der Waals surface area contributed by atoms with E-state index < -0.39 is 17.6 Å². The third-order valence-corrected chi connectivity index (χ3v) is 5.04. The summed E-state index contributed by atoms with van der Waals surface area (Å²) in [6, 6.07) is 10.9. The lowest BCUT2D eigenvalue weighted by Crippen LogP contribution is -2.14. The van der Waals surface area contributed by atoms with Crippen LogP contribution in [0, 0.1) is 0 Å². The summed E-state index contributed by atoms with van der Waals surface area (Å²) < 4.78 is 41.4. The maximum Gasteiger partial charge on any atom is 0.418 e. The standard InChI is InChI=1S/C21H19F3N6O/c1-12(9-17-29-25-11-30(17)2)13-5-3-6-14(10-13)26-20(31)19-27-16-8-4-7-15(18(16)28-19)21(22,23)24/h3-8,10-12H,9H2,1-2H3,(H,26,31)(H,27,28)/t12-/m1/s1. The number of hydrogen-bond donors (Lipinski definition) is 2. The number of rotatable bonds is 5. The molecule has 4 rings (SSSR count). The Morgan fingerprint density at radius 3 is 2.71 bits per heavy atom. The number of H-pyrrole nitrogens is 1. The Balaban J connectivity index is 1.54. The molecule has 0 radical (unpaired) electrons. The summed E-state index contributed by atoms with van der Waals surface area (Å²) in [7, 11) is 1.87. The fourth-order valence-electron chi connectivity index (χ4n) is 3.37. The normalized spacial score (nSPS) is 12.8. The molecule has 0 spiro atoms. The largest absolute Gasteiger partial charge is 0.418 e. The van der Waals surface area contributed by atoms with Crippen LogP contribution in [0.25, 0.3) is 11.0 Å². The Kier molecular flexibility index (Phi) is 5.22. The number of imidazole rings is 1. The molecule has 10 heteroatoms. The second-order valence-electron chi connectivity index (χ2n) is 7.33. The van der Waals surface area contributed by atoms with Crippen LogP contribution in [0.2, 0.25) is 0 Å². The van der Waals surface area contributed by atoms with Gasteiger partial charge in [-0.15, -0.1) is 10.2 Å². The van der Waals surface area contributed by atoms with Crippen LogP contribution >= 0.6 is 0 Å². The lowest BCUT2D eigenvalue weighted by Gasteiger charge is -2.13. The van der Waals surface area contributed by atoms with Crippen molar-refractivity contribution in [1.82, 2.24) is 24.7 Å². The van der Waals surface area contributed by atoms with Crippen LogP contribution < -0.4 is 5.32 Å². The van der Waals surface area contributed by atoms with Gasteiger partial charge in [-0.2, -0.15) is 13.2 Å². The van der Waals surface area contributed by atoms with Gasteiger partial charge in [0.2, 0.25) is 0 Å². The number of fused-ring (bicyclic) bond motifs is 1. The van der Waals surface area contributed by atoms with Crippen molar-refractivity contribution in [2.45, 2.75) is 25.4 Å². The van der Waals surface area contributed by atoms with Crippen molar-refractivity contribution in [2.75, 3.05) is 5.32 Å². The molecule has 2 N–H and O–H groups in total. The molecule has 31 heavy (non-hydrogen) atoms. The highest BCUT2D eigenvalue weighted by atomic mass is 19.4. The van der Waals surface area contributed by atoms with Crippen LogP contribution in [-0.2, 0) is 19.6 Å². The second-order valence-corrected chi connectivity index (χ2v) is 7.33. The number of alkyl halides is 3. The molecule has 0 aliphatic rings. The van der Waals surface area contributed by atoms with Gasteiger partial charge in [0.15, 0.2) is 5.82 Å². The number of anilines is 1. The number of aromatic amines is 1. The zero-order chi connectivity index (χ0) is 22.2. The molecule has 2 aromatic carbocycles. The van der Waals surface area contributed by atoms with Gasteiger partial charge >= 0.3 is 6.18 Å². The number of carbonyl (C=O) groups is 1. The van der Waals surface area contributed by atoms with Gasteiger partial charge in [0.05, 0.1) is 11.1 Å². The Morgan fingerprint density at radius 2 is 2.00 bits per heavy atom. The molecule has 0 aliphatic carbocycles. The summed E-state index contributed by atoms with van der Waals surface area (Å²) >= 11 is 0. The first-order chi connectivity index (χ1) is 14.7. The number of hydrogen-bond acceptors (Lipinski definition) is 4. The molecule has 0 saturated carbocycles. The number of nitrogens with one attached hydrogen (secondary N) is 2. The van der Waals surface area contributed by atoms with Crippen LogP contribution in [0.5, 0.6) is 0 Å². The van der Waals surface area contributed by atoms with Gasteiger partial charge in [-0.05, 0) is 35.7 Å². The van der Waals surface area contributed by atoms with Gasteiger partial charge in [0.25, 0.3) is 5.91 Å². The van der Waals surface area contributed by atoms with E-state index in [0.717, 1.165) is 17.5 Å². The minimum absolute atomic E-state index is 0.111. The fourth-order valence-corrected chi connectivity index (χ4v) is 3.37. The maximum absolute atomic E-state index is 13.2. The smallest absolute Gasteiger partial charge is 0.334 e. The molecule has 0 fully saturated rings. The molecular weight excluding hydrogens is 409 g/mol. The number of para-hydroxylation sites is 1. The third kappa shape index (κ3) is 4.27. The number of nitrogens with zero attached hydrogens (tertiary/aromatic N) is 4. The van der Waals surface area contributed by atoms with Crippen molar-refractivity contribution in [3.8, 4) is 0 Å². The molecule has 1 atom stereocenters. The van der Waals surface area contributed by atoms with E-state index in [-0.39, 0.29) is 22.8 Å². The molecule has 160 valence electrons. The summed E-state index contributed by atoms with van der Waals surface area (Å²) in [6.07, 6.45) is -2.26.